The van der Waals surface area contributed by atoms with Crippen LogP contribution in [-0.2, 0) is 0 Å². The van der Waals surface area contributed by atoms with Crippen LogP contribution in [0.3, 0.4) is 0 Å². The minimum absolute atomic E-state index is 0. The van der Waals surface area contributed by atoms with Gasteiger partial charge in [-0.05, 0) is 19.3 Å². The summed E-state index contributed by atoms with van der Waals surface area (Å²) in [5.41, 5.74) is 0. The first kappa shape index (κ1) is 16.8. The molecule has 0 aromatic heterocycles. The monoisotopic (exact) mass is 170 g/mol. The van der Waals surface area contributed by atoms with Gasteiger partial charge in [0.1, 0.15) is 0 Å². The number of hydrogen-bond donors (Lipinski definition) is 0. The summed E-state index contributed by atoms with van der Waals surface area (Å²) in [5.74, 6) is 2.59. The van der Waals surface area contributed by atoms with Gasteiger partial charge in [-0.25, -0.2) is 0 Å². The molecule has 10 heavy (non-hydrogen) atoms. The SMILES string of the molecule is C#CCCCCC=C.Cl.[MgH2]. The first-order valence-corrected chi connectivity index (χ1v) is 2.96. The molecule has 0 unspecified atom stereocenters. The zero-order valence-electron chi connectivity index (χ0n) is 5.60. The highest BCUT2D eigenvalue weighted by Crippen LogP contribution is 1.97. The fourth-order valence-corrected chi connectivity index (χ4v) is 0.516. The Bertz CT molecular complexity index is 93.9. The molecule has 0 heterocycles. The average molecular weight is 171 g/mol. The molecule has 0 aliphatic rings. The summed E-state index contributed by atoms with van der Waals surface area (Å²) in [4.78, 5) is 0. The van der Waals surface area contributed by atoms with Gasteiger partial charge in [0.2, 0.25) is 0 Å². The topological polar surface area (TPSA) is 0 Å². The molecule has 0 saturated carbocycles. The zero-order chi connectivity index (χ0) is 6.24. The Morgan fingerprint density at radius 3 is 2.40 bits per heavy atom. The zero-order valence-corrected chi connectivity index (χ0v) is 6.41. The summed E-state index contributed by atoms with van der Waals surface area (Å²) in [6, 6.07) is 0. The first-order chi connectivity index (χ1) is 3.91. The molecule has 0 fully saturated rings. The number of terminal acetylenes is 1. The summed E-state index contributed by atoms with van der Waals surface area (Å²) >= 11 is 0. The van der Waals surface area contributed by atoms with Crippen LogP contribution in [0.4, 0.5) is 0 Å². The Hall–Kier alpha value is 0.356. The standard InChI is InChI=1S/C8H12.ClH.Mg.2H/c1-3-5-7-8-6-4-2;;;;/h1,4H,2,5-8H2;1H;;;. The van der Waals surface area contributed by atoms with Gasteiger partial charge in [0.25, 0.3) is 0 Å². The Labute approximate surface area is 86.0 Å². The van der Waals surface area contributed by atoms with E-state index >= 15 is 0 Å². The van der Waals surface area contributed by atoms with Crippen LogP contribution in [0.2, 0.25) is 0 Å². The molecule has 56 valence electrons. The Morgan fingerprint density at radius 2 is 2.00 bits per heavy atom. The second-order valence-electron chi connectivity index (χ2n) is 1.74. The van der Waals surface area contributed by atoms with Crippen LogP contribution in [0.5, 0.6) is 0 Å². The van der Waals surface area contributed by atoms with E-state index in [-0.39, 0.29) is 35.5 Å². The van der Waals surface area contributed by atoms with Gasteiger partial charge in [0, 0.05) is 6.42 Å². The van der Waals surface area contributed by atoms with Crippen LogP contribution in [0.25, 0.3) is 0 Å². The van der Waals surface area contributed by atoms with E-state index < -0.39 is 0 Å². The second kappa shape index (κ2) is 16.2. The van der Waals surface area contributed by atoms with Crippen molar-refractivity contribution < 1.29 is 0 Å². The summed E-state index contributed by atoms with van der Waals surface area (Å²) < 4.78 is 0. The molecule has 0 saturated heterocycles. The lowest BCUT2D eigenvalue weighted by atomic mass is 10.2. The molecule has 0 aromatic rings. The molecule has 0 aliphatic carbocycles. The van der Waals surface area contributed by atoms with E-state index in [2.05, 4.69) is 12.5 Å². The van der Waals surface area contributed by atoms with Gasteiger partial charge in [-0.3, -0.25) is 0 Å². The molecule has 0 rings (SSSR count). The van der Waals surface area contributed by atoms with E-state index in [0.717, 1.165) is 19.3 Å². The molecule has 0 N–H and O–H groups in total. The lowest BCUT2D eigenvalue weighted by Crippen LogP contribution is -1.70. The van der Waals surface area contributed by atoms with Crippen molar-refractivity contribution in [3.8, 4) is 12.3 Å². The van der Waals surface area contributed by atoms with E-state index in [1.165, 1.54) is 6.42 Å². The van der Waals surface area contributed by atoms with Gasteiger partial charge in [0.15, 0.2) is 0 Å². The highest BCUT2D eigenvalue weighted by molar-refractivity contribution is 5.85. The van der Waals surface area contributed by atoms with Crippen molar-refractivity contribution >= 4 is 35.5 Å². The molecule has 0 amide bonds. The van der Waals surface area contributed by atoms with Gasteiger partial charge in [-0.15, -0.1) is 31.3 Å². The predicted octanol–water partition coefficient (Wildman–Crippen LogP) is 1.87. The Balaban J connectivity index is -0.000000245. The fourth-order valence-electron chi connectivity index (χ4n) is 0.516. The maximum absolute atomic E-state index is 5.03. The van der Waals surface area contributed by atoms with Gasteiger partial charge < -0.3 is 0 Å². The molecule has 2 heteroatoms. The molecular formula is C8H15ClMg. The van der Waals surface area contributed by atoms with Crippen molar-refractivity contribution in [1.82, 2.24) is 0 Å². The first-order valence-electron chi connectivity index (χ1n) is 2.96. The minimum Gasteiger partial charge on any atom is -0.147 e. The van der Waals surface area contributed by atoms with Crippen molar-refractivity contribution in [3.05, 3.63) is 12.7 Å². The lowest BCUT2D eigenvalue weighted by molar-refractivity contribution is 0.773. The largest absolute Gasteiger partial charge is 0.316 e. The predicted molar refractivity (Wildman–Crippen MR) is 53.3 cm³/mol. The summed E-state index contributed by atoms with van der Waals surface area (Å²) in [7, 11) is 0. The third kappa shape index (κ3) is 15.8. The number of allylic oxidation sites excluding steroid dienone is 1. The lowest BCUT2D eigenvalue weighted by Gasteiger charge is -1.87. The van der Waals surface area contributed by atoms with Crippen molar-refractivity contribution in [2.75, 3.05) is 0 Å². The Morgan fingerprint density at radius 1 is 1.40 bits per heavy atom. The van der Waals surface area contributed by atoms with E-state index in [1.807, 2.05) is 6.08 Å². The van der Waals surface area contributed by atoms with Crippen molar-refractivity contribution in [2.24, 2.45) is 0 Å². The van der Waals surface area contributed by atoms with Gasteiger partial charge in [-0.2, -0.15) is 0 Å². The highest BCUT2D eigenvalue weighted by atomic mass is 35.5. The average Bonchev–Trinajstić information content (AvgIpc) is 1.81. The number of unbranched alkanes of at least 4 members (excludes halogenated alkanes) is 3. The molecular weight excluding hydrogens is 156 g/mol. The van der Waals surface area contributed by atoms with E-state index in [0.29, 0.717) is 0 Å². The maximum atomic E-state index is 5.03. The van der Waals surface area contributed by atoms with E-state index in [4.69, 9.17) is 6.42 Å². The number of halogens is 1. The van der Waals surface area contributed by atoms with Gasteiger partial charge >= 0.3 is 23.1 Å². The van der Waals surface area contributed by atoms with E-state index in [1.54, 1.807) is 0 Å². The second-order valence-corrected chi connectivity index (χ2v) is 1.74. The fraction of sp³-hybridized carbons (Fsp3) is 0.500. The van der Waals surface area contributed by atoms with Crippen LogP contribution in [0, 0.1) is 12.3 Å². The van der Waals surface area contributed by atoms with Gasteiger partial charge in [-0.1, -0.05) is 6.08 Å². The normalized spacial score (nSPS) is 6.30. The van der Waals surface area contributed by atoms with Crippen LogP contribution in [0.15, 0.2) is 12.7 Å². The quantitative estimate of drug-likeness (QED) is 0.262. The summed E-state index contributed by atoms with van der Waals surface area (Å²) in [6.07, 6.45) is 11.3. The molecule has 0 spiro atoms. The van der Waals surface area contributed by atoms with Crippen molar-refractivity contribution in [2.45, 2.75) is 25.7 Å². The number of hydrogen-bond acceptors (Lipinski definition) is 0. The van der Waals surface area contributed by atoms with Crippen LogP contribution in [-0.4, -0.2) is 23.1 Å². The highest BCUT2D eigenvalue weighted by Gasteiger charge is 1.79. The van der Waals surface area contributed by atoms with Gasteiger partial charge in [0.05, 0.1) is 0 Å². The molecule has 0 nitrogen and oxygen atoms in total. The van der Waals surface area contributed by atoms with Crippen molar-refractivity contribution in [1.29, 1.82) is 0 Å². The number of rotatable bonds is 4. The summed E-state index contributed by atoms with van der Waals surface area (Å²) in [6.45, 7) is 3.61. The van der Waals surface area contributed by atoms with E-state index in [9.17, 15) is 0 Å². The smallest absolute Gasteiger partial charge is 0.147 e. The third-order valence-corrected chi connectivity index (χ3v) is 0.979. The third-order valence-electron chi connectivity index (χ3n) is 0.979. The molecule has 0 aliphatic heterocycles. The molecule has 0 bridgehead atoms. The van der Waals surface area contributed by atoms with Crippen LogP contribution < -0.4 is 0 Å². The van der Waals surface area contributed by atoms with Crippen molar-refractivity contribution in [3.63, 3.8) is 0 Å². The van der Waals surface area contributed by atoms with Crippen LogP contribution in [0.1, 0.15) is 25.7 Å². The van der Waals surface area contributed by atoms with Crippen LogP contribution >= 0.6 is 12.4 Å². The molecule has 0 radical (unpaired) electrons. The molecule has 0 atom stereocenters. The minimum atomic E-state index is 0. The summed E-state index contributed by atoms with van der Waals surface area (Å²) in [5, 5.41) is 0. The molecule has 0 aromatic carbocycles. The maximum Gasteiger partial charge on any atom is 0.316 e. The Kier molecular flexibility index (Phi) is 27.1.